The van der Waals surface area contributed by atoms with E-state index in [9.17, 15) is 4.79 Å². The number of nitrogens with zero attached hydrogens (tertiary/aromatic N) is 1. The Hall–Kier alpha value is -0.370. The predicted molar refractivity (Wildman–Crippen MR) is 75.4 cm³/mol. The van der Waals surface area contributed by atoms with E-state index in [-0.39, 0.29) is 5.54 Å². The van der Waals surface area contributed by atoms with Crippen molar-refractivity contribution in [1.82, 2.24) is 4.90 Å². The van der Waals surface area contributed by atoms with Crippen molar-refractivity contribution >= 4 is 5.78 Å². The molecule has 0 aliphatic carbocycles. The highest BCUT2D eigenvalue weighted by Gasteiger charge is 2.38. The molecule has 0 spiro atoms. The molecule has 0 saturated carbocycles. The Labute approximate surface area is 108 Å². The molecule has 0 aromatic heterocycles. The summed E-state index contributed by atoms with van der Waals surface area (Å²) in [5.41, 5.74) is -0.197. The topological polar surface area (TPSA) is 20.3 Å². The number of carbonyl (C=O) groups excluding carboxylic acids is 1. The molecule has 0 heterocycles. The van der Waals surface area contributed by atoms with E-state index in [2.05, 4.69) is 39.5 Å². The first-order valence-electron chi connectivity index (χ1n) is 7.41. The van der Waals surface area contributed by atoms with E-state index < -0.39 is 0 Å². The van der Waals surface area contributed by atoms with Gasteiger partial charge in [0.25, 0.3) is 0 Å². The molecule has 0 unspecified atom stereocenters. The Morgan fingerprint density at radius 1 is 0.941 bits per heavy atom. The van der Waals surface area contributed by atoms with E-state index in [1.54, 1.807) is 0 Å². The lowest BCUT2D eigenvalue weighted by Gasteiger charge is -2.41. The van der Waals surface area contributed by atoms with Crippen molar-refractivity contribution in [2.24, 2.45) is 0 Å². The van der Waals surface area contributed by atoms with Crippen molar-refractivity contribution in [1.29, 1.82) is 0 Å². The summed E-state index contributed by atoms with van der Waals surface area (Å²) in [7, 11) is 0. The number of hydrogen-bond donors (Lipinski definition) is 0. The van der Waals surface area contributed by atoms with Crippen LogP contribution in [-0.2, 0) is 4.79 Å². The first-order chi connectivity index (χ1) is 8.12. The predicted octanol–water partition coefficient (Wildman–Crippen LogP) is 4.04. The molecule has 0 aliphatic heterocycles. The molecule has 17 heavy (non-hydrogen) atoms. The van der Waals surface area contributed by atoms with Gasteiger partial charge in [-0.2, -0.15) is 0 Å². The van der Waals surface area contributed by atoms with Crippen molar-refractivity contribution in [2.75, 3.05) is 13.1 Å². The Kier molecular flexibility index (Phi) is 8.49. The highest BCUT2D eigenvalue weighted by atomic mass is 16.1. The minimum absolute atomic E-state index is 0.197. The lowest BCUT2D eigenvalue weighted by molar-refractivity contribution is -0.132. The maximum atomic E-state index is 12.5. The monoisotopic (exact) mass is 241 g/mol. The summed E-state index contributed by atoms with van der Waals surface area (Å²) in [4.78, 5) is 14.9. The molecule has 2 heteroatoms. The van der Waals surface area contributed by atoms with E-state index in [0.717, 1.165) is 38.8 Å². The second-order valence-electron chi connectivity index (χ2n) is 4.79. The maximum absolute atomic E-state index is 12.5. The van der Waals surface area contributed by atoms with Crippen LogP contribution >= 0.6 is 0 Å². The molecule has 0 amide bonds. The van der Waals surface area contributed by atoms with Crippen LogP contribution in [0.4, 0.5) is 0 Å². The summed E-state index contributed by atoms with van der Waals surface area (Å²) in [5.74, 6) is 0.458. The van der Waals surface area contributed by atoms with Gasteiger partial charge < -0.3 is 0 Å². The Balaban J connectivity index is 4.73. The van der Waals surface area contributed by atoms with Crippen LogP contribution in [0.2, 0.25) is 0 Å². The molecule has 0 aromatic rings. The third kappa shape index (κ3) is 4.09. The van der Waals surface area contributed by atoms with Gasteiger partial charge in [0.15, 0.2) is 5.78 Å². The van der Waals surface area contributed by atoms with Crippen molar-refractivity contribution in [2.45, 2.75) is 78.7 Å². The summed E-state index contributed by atoms with van der Waals surface area (Å²) in [5, 5.41) is 0. The summed E-state index contributed by atoms with van der Waals surface area (Å²) in [6.07, 6.45) is 6.05. The molecule has 0 fully saturated rings. The molecule has 0 aliphatic rings. The number of unbranched alkanes of at least 4 members (excludes halogenated alkanes) is 2. The second kappa shape index (κ2) is 8.68. The Bertz CT molecular complexity index is 205. The zero-order valence-electron chi connectivity index (χ0n) is 12.5. The minimum atomic E-state index is -0.197. The van der Waals surface area contributed by atoms with Crippen LogP contribution in [-0.4, -0.2) is 29.3 Å². The smallest absolute Gasteiger partial charge is 0.153 e. The Morgan fingerprint density at radius 2 is 1.47 bits per heavy atom. The third-order valence-corrected chi connectivity index (χ3v) is 4.06. The number of Topliss-reactive ketones (excluding diaryl/α,β-unsaturated/α-hetero) is 1. The van der Waals surface area contributed by atoms with Crippen LogP contribution in [0.3, 0.4) is 0 Å². The van der Waals surface area contributed by atoms with Gasteiger partial charge in [-0.15, -0.1) is 0 Å². The van der Waals surface area contributed by atoms with E-state index in [1.807, 2.05) is 0 Å². The standard InChI is InChI=1S/C15H31NO/c1-6-11-12-13-14(17)15(7-2,8-3)16(9-4)10-5/h6-13H2,1-5H3. The van der Waals surface area contributed by atoms with Crippen LogP contribution in [0.15, 0.2) is 0 Å². The van der Waals surface area contributed by atoms with E-state index in [0.29, 0.717) is 5.78 Å². The largest absolute Gasteiger partial charge is 0.298 e. The molecule has 0 aromatic carbocycles. The van der Waals surface area contributed by atoms with Gasteiger partial charge >= 0.3 is 0 Å². The van der Waals surface area contributed by atoms with Crippen LogP contribution < -0.4 is 0 Å². The molecule has 0 rings (SSSR count). The highest BCUT2D eigenvalue weighted by molar-refractivity contribution is 5.88. The highest BCUT2D eigenvalue weighted by Crippen LogP contribution is 2.27. The van der Waals surface area contributed by atoms with Gasteiger partial charge in [0.1, 0.15) is 0 Å². The van der Waals surface area contributed by atoms with E-state index in [1.165, 1.54) is 12.8 Å². The van der Waals surface area contributed by atoms with Crippen LogP contribution in [0.25, 0.3) is 0 Å². The summed E-state index contributed by atoms with van der Waals surface area (Å²) in [6.45, 7) is 12.7. The fraction of sp³-hybridized carbons (Fsp3) is 0.933. The first kappa shape index (κ1) is 16.6. The van der Waals surface area contributed by atoms with Gasteiger partial charge in [-0.25, -0.2) is 0 Å². The van der Waals surface area contributed by atoms with E-state index in [4.69, 9.17) is 0 Å². The van der Waals surface area contributed by atoms with E-state index >= 15 is 0 Å². The lowest BCUT2D eigenvalue weighted by atomic mass is 9.83. The van der Waals surface area contributed by atoms with Crippen LogP contribution in [0, 0.1) is 0 Å². The van der Waals surface area contributed by atoms with Crippen molar-refractivity contribution in [3.63, 3.8) is 0 Å². The zero-order chi connectivity index (χ0) is 13.3. The first-order valence-corrected chi connectivity index (χ1v) is 7.41. The number of hydrogen-bond acceptors (Lipinski definition) is 2. The normalized spacial score (nSPS) is 12.1. The average molecular weight is 241 g/mol. The second-order valence-corrected chi connectivity index (χ2v) is 4.79. The SMILES string of the molecule is CCCCCC(=O)C(CC)(CC)N(CC)CC. The van der Waals surface area contributed by atoms with Crippen LogP contribution in [0.5, 0.6) is 0 Å². The summed E-state index contributed by atoms with van der Waals surface area (Å²) < 4.78 is 0. The molecule has 0 saturated heterocycles. The number of ketones is 1. The quantitative estimate of drug-likeness (QED) is 0.538. The van der Waals surface area contributed by atoms with Gasteiger partial charge in [-0.3, -0.25) is 9.69 Å². The zero-order valence-corrected chi connectivity index (χ0v) is 12.5. The number of likely N-dealkylation sites (N-methyl/N-ethyl adjacent to an activating group) is 1. The molecule has 2 nitrogen and oxygen atoms in total. The summed E-state index contributed by atoms with van der Waals surface area (Å²) in [6, 6.07) is 0. The molecule has 0 atom stereocenters. The fourth-order valence-corrected chi connectivity index (χ4v) is 2.87. The van der Waals surface area contributed by atoms with Gasteiger partial charge in [0.05, 0.1) is 5.54 Å². The van der Waals surface area contributed by atoms with Gasteiger partial charge in [-0.1, -0.05) is 47.5 Å². The maximum Gasteiger partial charge on any atom is 0.153 e. The molecule has 0 bridgehead atoms. The molecular formula is C15H31NO. The van der Waals surface area contributed by atoms with Crippen LogP contribution in [0.1, 0.15) is 73.1 Å². The van der Waals surface area contributed by atoms with Gasteiger partial charge in [0.2, 0.25) is 0 Å². The summed E-state index contributed by atoms with van der Waals surface area (Å²) >= 11 is 0. The molecule has 0 N–H and O–H groups in total. The molecule has 102 valence electrons. The van der Waals surface area contributed by atoms with Gasteiger partial charge in [-0.05, 0) is 32.4 Å². The molecule has 0 radical (unpaired) electrons. The van der Waals surface area contributed by atoms with Crippen molar-refractivity contribution in [3.05, 3.63) is 0 Å². The fourth-order valence-electron chi connectivity index (χ4n) is 2.87. The van der Waals surface area contributed by atoms with Crippen molar-refractivity contribution in [3.8, 4) is 0 Å². The average Bonchev–Trinajstić information content (AvgIpc) is 2.36. The molecular weight excluding hydrogens is 210 g/mol. The number of rotatable bonds is 10. The number of carbonyl (C=O) groups is 1. The Morgan fingerprint density at radius 3 is 1.82 bits per heavy atom. The minimum Gasteiger partial charge on any atom is -0.298 e. The lowest BCUT2D eigenvalue weighted by Crippen LogP contribution is -2.53. The van der Waals surface area contributed by atoms with Gasteiger partial charge in [0, 0.05) is 6.42 Å². The third-order valence-electron chi connectivity index (χ3n) is 4.06. The van der Waals surface area contributed by atoms with Crippen molar-refractivity contribution < 1.29 is 4.79 Å².